The van der Waals surface area contributed by atoms with Crippen LogP contribution in [0.25, 0.3) is 10.2 Å². The Morgan fingerprint density at radius 2 is 1.85 bits per heavy atom. The first-order chi connectivity index (χ1) is 16.0. The average molecular weight is 475 g/mol. The summed E-state index contributed by atoms with van der Waals surface area (Å²) < 4.78 is 0. The fraction of sp³-hybridized carbons (Fsp3) is 0.652. The zero-order chi connectivity index (χ0) is 23.4. The number of nitrogens with zero attached hydrogens (tertiary/aromatic N) is 4. The second-order valence-electron chi connectivity index (χ2n) is 8.95. The summed E-state index contributed by atoms with van der Waals surface area (Å²) in [6.45, 7) is 12.4. The maximum absolute atomic E-state index is 13.1. The van der Waals surface area contributed by atoms with Crippen molar-refractivity contribution in [3.63, 3.8) is 0 Å². The van der Waals surface area contributed by atoms with Crippen LogP contribution in [0.3, 0.4) is 0 Å². The van der Waals surface area contributed by atoms with E-state index in [0.29, 0.717) is 53.1 Å². The third-order valence-electron chi connectivity index (χ3n) is 6.94. The van der Waals surface area contributed by atoms with Gasteiger partial charge in [0.1, 0.15) is 4.83 Å². The lowest BCUT2D eigenvalue weighted by Gasteiger charge is -2.34. The lowest BCUT2D eigenvalue weighted by atomic mass is 9.95. The van der Waals surface area contributed by atoms with Gasteiger partial charge in [-0.25, -0.2) is 4.98 Å². The third kappa shape index (κ3) is 5.44. The largest absolute Gasteiger partial charge is 0.356 e. The summed E-state index contributed by atoms with van der Waals surface area (Å²) >= 11 is 1.27. The maximum Gasteiger partial charge on any atom is 0.264 e. The molecule has 180 valence electrons. The average Bonchev–Trinajstić information content (AvgIpc) is 3.19. The Bertz CT molecular complexity index is 1030. The lowest BCUT2D eigenvalue weighted by molar-refractivity contribution is -0.126. The highest BCUT2D eigenvalue weighted by Gasteiger charge is 2.30. The molecule has 2 aliphatic rings. The summed E-state index contributed by atoms with van der Waals surface area (Å²) in [5.41, 5.74) is 0.469. The zero-order valence-corrected chi connectivity index (χ0v) is 20.4. The summed E-state index contributed by atoms with van der Waals surface area (Å²) in [6, 6.07) is 0. The van der Waals surface area contributed by atoms with Crippen LogP contribution in [0.15, 0.2) is 11.1 Å². The number of aromatic amines is 1. The summed E-state index contributed by atoms with van der Waals surface area (Å²) in [4.78, 5) is 52.4. The van der Waals surface area contributed by atoms with Crippen LogP contribution in [0.2, 0.25) is 0 Å². The molecule has 2 saturated heterocycles. The number of piperazine rings is 1. The molecule has 0 atom stereocenters. The van der Waals surface area contributed by atoms with Crippen molar-refractivity contribution in [2.75, 3.05) is 58.9 Å². The molecule has 0 bridgehead atoms. The van der Waals surface area contributed by atoms with Crippen LogP contribution in [0.5, 0.6) is 0 Å². The van der Waals surface area contributed by atoms with E-state index in [1.54, 1.807) is 11.8 Å². The van der Waals surface area contributed by atoms with Crippen molar-refractivity contribution in [1.29, 1.82) is 0 Å². The van der Waals surface area contributed by atoms with Crippen molar-refractivity contribution >= 4 is 33.4 Å². The monoisotopic (exact) mass is 474 g/mol. The Balaban J connectivity index is 1.21. The van der Waals surface area contributed by atoms with E-state index in [1.807, 2.05) is 0 Å². The highest BCUT2D eigenvalue weighted by Crippen LogP contribution is 2.29. The second-order valence-corrected chi connectivity index (χ2v) is 9.95. The fourth-order valence-electron chi connectivity index (χ4n) is 4.76. The van der Waals surface area contributed by atoms with E-state index in [-0.39, 0.29) is 23.3 Å². The van der Waals surface area contributed by atoms with Crippen molar-refractivity contribution in [3.8, 4) is 0 Å². The molecule has 0 aliphatic carbocycles. The quantitative estimate of drug-likeness (QED) is 0.587. The number of H-pyrrole nitrogens is 1. The highest BCUT2D eigenvalue weighted by molar-refractivity contribution is 7.20. The molecule has 2 N–H and O–H groups in total. The van der Waals surface area contributed by atoms with Gasteiger partial charge in [-0.1, -0.05) is 6.92 Å². The van der Waals surface area contributed by atoms with Gasteiger partial charge in [0.2, 0.25) is 5.91 Å². The first-order valence-corrected chi connectivity index (χ1v) is 12.8. The fourth-order valence-corrected chi connectivity index (χ4v) is 5.88. The lowest BCUT2D eigenvalue weighted by Crippen LogP contribution is -2.47. The van der Waals surface area contributed by atoms with Gasteiger partial charge in [0.05, 0.1) is 16.6 Å². The summed E-state index contributed by atoms with van der Waals surface area (Å²) in [5, 5.41) is 3.59. The molecule has 0 radical (unpaired) electrons. The molecule has 0 unspecified atom stereocenters. The van der Waals surface area contributed by atoms with Gasteiger partial charge >= 0.3 is 0 Å². The number of fused-ring (bicyclic) bond motifs is 1. The number of nitrogens with one attached hydrogen (secondary N) is 2. The Kier molecular flexibility index (Phi) is 7.77. The summed E-state index contributed by atoms with van der Waals surface area (Å²) in [5.74, 6) is -0.0150. The Morgan fingerprint density at radius 3 is 2.52 bits per heavy atom. The topological polar surface area (TPSA) is 102 Å². The van der Waals surface area contributed by atoms with Gasteiger partial charge in [-0.15, -0.1) is 11.3 Å². The molecule has 2 fully saturated rings. The minimum absolute atomic E-state index is 0.0461. The number of likely N-dealkylation sites (tertiary alicyclic amines) is 1. The van der Waals surface area contributed by atoms with Gasteiger partial charge in [0, 0.05) is 51.7 Å². The number of aromatic nitrogens is 2. The van der Waals surface area contributed by atoms with Gasteiger partial charge < -0.3 is 25.0 Å². The van der Waals surface area contributed by atoms with Crippen molar-refractivity contribution in [1.82, 2.24) is 30.0 Å². The number of carbonyl (C=O) groups is 2. The number of aryl methyl sites for hydroxylation is 1. The molecule has 0 aromatic carbocycles. The first kappa shape index (κ1) is 23.8. The first-order valence-electron chi connectivity index (χ1n) is 12.0. The molecule has 2 amide bonds. The molecule has 0 saturated carbocycles. The van der Waals surface area contributed by atoms with Gasteiger partial charge in [-0.3, -0.25) is 14.4 Å². The summed E-state index contributed by atoms with van der Waals surface area (Å²) in [6.07, 6.45) is 3.66. The number of carbonyl (C=O) groups excluding carboxylic acids is 2. The van der Waals surface area contributed by atoms with Crippen molar-refractivity contribution < 1.29 is 9.59 Å². The maximum atomic E-state index is 13.1. The molecule has 2 aromatic rings. The predicted molar refractivity (Wildman–Crippen MR) is 130 cm³/mol. The normalized spacial score (nSPS) is 18.7. The van der Waals surface area contributed by atoms with Crippen LogP contribution in [-0.4, -0.2) is 95.4 Å². The molecule has 4 rings (SSSR count). The predicted octanol–water partition coefficient (Wildman–Crippen LogP) is 1.29. The van der Waals surface area contributed by atoms with Crippen molar-refractivity contribution in [3.05, 3.63) is 27.1 Å². The minimum atomic E-state index is -0.216. The van der Waals surface area contributed by atoms with Crippen LogP contribution in [0, 0.1) is 12.8 Å². The summed E-state index contributed by atoms with van der Waals surface area (Å²) in [7, 11) is 0. The second kappa shape index (κ2) is 10.8. The number of piperidine rings is 1. The molecule has 4 heterocycles. The number of thiophene rings is 1. The number of hydrogen-bond donors (Lipinski definition) is 2. The van der Waals surface area contributed by atoms with Gasteiger partial charge in [0.15, 0.2) is 0 Å². The van der Waals surface area contributed by atoms with Gasteiger partial charge in [-0.05, 0) is 44.8 Å². The molecular weight excluding hydrogens is 440 g/mol. The van der Waals surface area contributed by atoms with E-state index in [1.165, 1.54) is 17.7 Å². The molecule has 0 spiro atoms. The number of hydrogen-bond acceptors (Lipinski definition) is 7. The molecule has 33 heavy (non-hydrogen) atoms. The standard InChI is InChI=1S/C23H34N6O3S/c1-3-27-11-13-28(14-12-27)8-4-7-24-20(30)17-5-9-29(10-6-17)23(32)19-16(2)18-21(31)25-15-26-22(18)33-19/h15,17H,3-14H2,1-2H3,(H,24,30)(H,25,26,31). The number of amides is 2. The zero-order valence-electron chi connectivity index (χ0n) is 19.6. The molecule has 2 aromatic heterocycles. The van der Waals surface area contributed by atoms with E-state index in [9.17, 15) is 14.4 Å². The van der Waals surface area contributed by atoms with E-state index in [2.05, 4.69) is 32.0 Å². The van der Waals surface area contributed by atoms with E-state index < -0.39 is 0 Å². The molecule has 9 nitrogen and oxygen atoms in total. The van der Waals surface area contributed by atoms with E-state index >= 15 is 0 Å². The van der Waals surface area contributed by atoms with E-state index in [0.717, 1.165) is 45.7 Å². The van der Waals surface area contributed by atoms with Crippen LogP contribution in [-0.2, 0) is 4.79 Å². The van der Waals surface area contributed by atoms with Crippen LogP contribution in [0.4, 0.5) is 0 Å². The van der Waals surface area contributed by atoms with Crippen molar-refractivity contribution in [2.24, 2.45) is 5.92 Å². The third-order valence-corrected chi connectivity index (χ3v) is 8.13. The molecule has 10 heteroatoms. The SMILES string of the molecule is CCN1CCN(CCCNC(=O)C2CCN(C(=O)c3sc4nc[nH]c(=O)c4c3C)CC2)CC1. The molecular formula is C23H34N6O3S. The van der Waals surface area contributed by atoms with Gasteiger partial charge in [-0.2, -0.15) is 0 Å². The van der Waals surface area contributed by atoms with Crippen LogP contribution >= 0.6 is 11.3 Å². The van der Waals surface area contributed by atoms with Crippen LogP contribution in [0.1, 0.15) is 41.4 Å². The minimum Gasteiger partial charge on any atom is -0.356 e. The van der Waals surface area contributed by atoms with E-state index in [4.69, 9.17) is 0 Å². The van der Waals surface area contributed by atoms with Gasteiger partial charge in [0.25, 0.3) is 11.5 Å². The van der Waals surface area contributed by atoms with Crippen molar-refractivity contribution in [2.45, 2.75) is 33.1 Å². The number of likely N-dealkylation sites (N-methyl/N-ethyl adjacent to an activating group) is 1. The Morgan fingerprint density at radius 1 is 1.15 bits per heavy atom. The highest BCUT2D eigenvalue weighted by atomic mass is 32.1. The smallest absolute Gasteiger partial charge is 0.264 e. The number of rotatable bonds is 7. The molecule has 2 aliphatic heterocycles. The van der Waals surface area contributed by atoms with Crippen LogP contribution < -0.4 is 10.9 Å². The Hall–Kier alpha value is -2.30. The Labute approximate surface area is 198 Å².